The van der Waals surface area contributed by atoms with Crippen molar-refractivity contribution in [1.82, 2.24) is 9.97 Å². The molecule has 88 valence electrons. The molecule has 0 aliphatic rings. The van der Waals surface area contributed by atoms with Crippen LogP contribution in [0.1, 0.15) is 0 Å². The van der Waals surface area contributed by atoms with Gasteiger partial charge >= 0.3 is 0 Å². The minimum absolute atomic E-state index is 0.715. The lowest BCUT2D eigenvalue weighted by Gasteiger charge is -2.04. The predicted octanol–water partition coefficient (Wildman–Crippen LogP) is 3.31. The molecule has 0 aliphatic carbocycles. The summed E-state index contributed by atoms with van der Waals surface area (Å²) in [5.41, 5.74) is 1.91. The lowest BCUT2D eigenvalue weighted by Crippen LogP contribution is -1.90. The third kappa shape index (κ3) is 1.91. The normalized spacial score (nSPS) is 10.5. The van der Waals surface area contributed by atoms with Crippen LogP contribution in [0.4, 0.5) is 0 Å². The molecule has 0 unspecified atom stereocenters. The Labute approximate surface area is 105 Å². The minimum atomic E-state index is 0.715. The zero-order valence-electron chi connectivity index (χ0n) is 10.00. The van der Waals surface area contributed by atoms with Crippen LogP contribution in [0.15, 0.2) is 54.7 Å². The SMILES string of the molecule is COc1cccc(-c2ncc3ccccc3n2)c1. The molecule has 3 heteroatoms. The monoisotopic (exact) mass is 236 g/mol. The molecule has 0 bridgehead atoms. The maximum Gasteiger partial charge on any atom is 0.159 e. The summed E-state index contributed by atoms with van der Waals surface area (Å²) in [6, 6.07) is 15.7. The number of hydrogen-bond acceptors (Lipinski definition) is 3. The first-order valence-corrected chi connectivity index (χ1v) is 5.73. The van der Waals surface area contributed by atoms with E-state index in [1.165, 1.54) is 0 Å². The summed E-state index contributed by atoms with van der Waals surface area (Å²) in [5.74, 6) is 1.52. The molecule has 0 atom stereocenters. The van der Waals surface area contributed by atoms with Gasteiger partial charge in [-0.05, 0) is 18.2 Å². The van der Waals surface area contributed by atoms with Crippen LogP contribution >= 0.6 is 0 Å². The van der Waals surface area contributed by atoms with E-state index in [1.54, 1.807) is 7.11 Å². The molecule has 0 N–H and O–H groups in total. The van der Waals surface area contributed by atoms with Gasteiger partial charge in [-0.15, -0.1) is 0 Å². The third-order valence-corrected chi connectivity index (χ3v) is 2.82. The van der Waals surface area contributed by atoms with E-state index in [0.29, 0.717) is 5.82 Å². The van der Waals surface area contributed by atoms with Crippen molar-refractivity contribution in [3.8, 4) is 17.1 Å². The van der Waals surface area contributed by atoms with Gasteiger partial charge in [0.05, 0.1) is 12.6 Å². The first-order valence-electron chi connectivity index (χ1n) is 5.73. The van der Waals surface area contributed by atoms with Crippen molar-refractivity contribution >= 4 is 10.9 Å². The summed E-state index contributed by atoms with van der Waals surface area (Å²) in [6.07, 6.45) is 1.84. The Morgan fingerprint density at radius 2 is 1.89 bits per heavy atom. The summed E-state index contributed by atoms with van der Waals surface area (Å²) in [5, 5.41) is 1.05. The Bertz CT molecular complexity index is 695. The number of rotatable bonds is 2. The summed E-state index contributed by atoms with van der Waals surface area (Å²) in [6.45, 7) is 0. The number of benzene rings is 2. The van der Waals surface area contributed by atoms with E-state index in [1.807, 2.05) is 54.7 Å². The number of nitrogens with zero attached hydrogens (tertiary/aromatic N) is 2. The van der Waals surface area contributed by atoms with Crippen LogP contribution < -0.4 is 4.74 Å². The fraction of sp³-hybridized carbons (Fsp3) is 0.0667. The molecule has 0 saturated heterocycles. The molecule has 3 rings (SSSR count). The quantitative estimate of drug-likeness (QED) is 0.684. The van der Waals surface area contributed by atoms with Gasteiger partial charge in [-0.2, -0.15) is 0 Å². The number of ether oxygens (including phenoxy) is 1. The standard InChI is InChI=1S/C15H12N2O/c1-18-13-7-4-6-11(9-13)15-16-10-12-5-2-3-8-14(12)17-15/h2-10H,1H3. The second kappa shape index (κ2) is 4.45. The van der Waals surface area contributed by atoms with E-state index in [4.69, 9.17) is 4.74 Å². The van der Waals surface area contributed by atoms with Gasteiger partial charge in [0, 0.05) is 17.1 Å². The lowest BCUT2D eigenvalue weighted by molar-refractivity contribution is 0.415. The van der Waals surface area contributed by atoms with E-state index in [-0.39, 0.29) is 0 Å². The maximum absolute atomic E-state index is 5.21. The highest BCUT2D eigenvalue weighted by molar-refractivity contribution is 5.79. The van der Waals surface area contributed by atoms with E-state index in [0.717, 1.165) is 22.2 Å². The van der Waals surface area contributed by atoms with Gasteiger partial charge in [-0.3, -0.25) is 0 Å². The van der Waals surface area contributed by atoms with Gasteiger partial charge in [0.2, 0.25) is 0 Å². The second-order valence-electron chi connectivity index (χ2n) is 3.98. The first kappa shape index (κ1) is 10.7. The Morgan fingerprint density at radius 3 is 2.78 bits per heavy atom. The number of para-hydroxylation sites is 1. The fourth-order valence-electron chi connectivity index (χ4n) is 1.87. The van der Waals surface area contributed by atoms with Crippen LogP contribution in [-0.4, -0.2) is 17.1 Å². The van der Waals surface area contributed by atoms with Gasteiger partial charge in [-0.25, -0.2) is 9.97 Å². The molecule has 0 saturated carbocycles. The summed E-state index contributed by atoms with van der Waals surface area (Å²) in [4.78, 5) is 8.94. The zero-order chi connectivity index (χ0) is 12.4. The smallest absolute Gasteiger partial charge is 0.159 e. The molecule has 0 spiro atoms. The molecule has 18 heavy (non-hydrogen) atoms. The first-order chi connectivity index (χ1) is 8.86. The molecule has 0 fully saturated rings. The molecular formula is C15H12N2O. The molecule has 0 radical (unpaired) electrons. The van der Waals surface area contributed by atoms with E-state index < -0.39 is 0 Å². The van der Waals surface area contributed by atoms with E-state index >= 15 is 0 Å². The van der Waals surface area contributed by atoms with Crippen molar-refractivity contribution in [3.05, 3.63) is 54.7 Å². The largest absolute Gasteiger partial charge is 0.497 e. The van der Waals surface area contributed by atoms with Gasteiger partial charge in [0.25, 0.3) is 0 Å². The molecule has 3 nitrogen and oxygen atoms in total. The molecule has 2 aromatic carbocycles. The number of fused-ring (bicyclic) bond motifs is 1. The Balaban J connectivity index is 2.13. The van der Waals surface area contributed by atoms with Gasteiger partial charge < -0.3 is 4.74 Å². The molecule has 0 aliphatic heterocycles. The number of hydrogen-bond donors (Lipinski definition) is 0. The highest BCUT2D eigenvalue weighted by Crippen LogP contribution is 2.22. The van der Waals surface area contributed by atoms with E-state index in [2.05, 4.69) is 9.97 Å². The average molecular weight is 236 g/mol. The van der Waals surface area contributed by atoms with Crippen molar-refractivity contribution in [2.45, 2.75) is 0 Å². The van der Waals surface area contributed by atoms with Crippen LogP contribution in [0.2, 0.25) is 0 Å². The predicted molar refractivity (Wildman–Crippen MR) is 71.5 cm³/mol. The Kier molecular flexibility index (Phi) is 2.65. The fourth-order valence-corrected chi connectivity index (χ4v) is 1.87. The average Bonchev–Trinajstić information content (AvgIpc) is 2.47. The van der Waals surface area contributed by atoms with Crippen LogP contribution in [0.25, 0.3) is 22.3 Å². The van der Waals surface area contributed by atoms with Crippen LogP contribution in [0, 0.1) is 0 Å². The van der Waals surface area contributed by atoms with Crippen molar-refractivity contribution < 1.29 is 4.74 Å². The molecular weight excluding hydrogens is 224 g/mol. The number of aromatic nitrogens is 2. The topological polar surface area (TPSA) is 35.0 Å². The summed E-state index contributed by atoms with van der Waals surface area (Å²) < 4.78 is 5.21. The van der Waals surface area contributed by atoms with Crippen LogP contribution in [-0.2, 0) is 0 Å². The van der Waals surface area contributed by atoms with Gasteiger partial charge in [0.15, 0.2) is 5.82 Å². The van der Waals surface area contributed by atoms with Gasteiger partial charge in [-0.1, -0.05) is 30.3 Å². The van der Waals surface area contributed by atoms with Gasteiger partial charge in [0.1, 0.15) is 5.75 Å². The second-order valence-corrected chi connectivity index (χ2v) is 3.98. The maximum atomic E-state index is 5.21. The van der Waals surface area contributed by atoms with Crippen molar-refractivity contribution in [1.29, 1.82) is 0 Å². The molecule has 3 aromatic rings. The molecule has 1 aromatic heterocycles. The molecule has 1 heterocycles. The molecule has 0 amide bonds. The van der Waals surface area contributed by atoms with E-state index in [9.17, 15) is 0 Å². The third-order valence-electron chi connectivity index (χ3n) is 2.82. The summed E-state index contributed by atoms with van der Waals surface area (Å²) >= 11 is 0. The zero-order valence-corrected chi connectivity index (χ0v) is 10.00. The van der Waals surface area contributed by atoms with Crippen LogP contribution in [0.3, 0.4) is 0 Å². The lowest BCUT2D eigenvalue weighted by atomic mass is 10.2. The van der Waals surface area contributed by atoms with Crippen molar-refractivity contribution in [2.24, 2.45) is 0 Å². The minimum Gasteiger partial charge on any atom is -0.497 e. The Morgan fingerprint density at radius 1 is 1.00 bits per heavy atom. The van der Waals surface area contributed by atoms with Crippen molar-refractivity contribution in [2.75, 3.05) is 7.11 Å². The van der Waals surface area contributed by atoms with Crippen LogP contribution in [0.5, 0.6) is 5.75 Å². The highest BCUT2D eigenvalue weighted by Gasteiger charge is 2.03. The van der Waals surface area contributed by atoms with Crippen molar-refractivity contribution in [3.63, 3.8) is 0 Å². The summed E-state index contributed by atoms with van der Waals surface area (Å²) in [7, 11) is 1.65. The Hall–Kier alpha value is -2.42. The highest BCUT2D eigenvalue weighted by atomic mass is 16.5. The number of methoxy groups -OCH3 is 1.